The summed E-state index contributed by atoms with van der Waals surface area (Å²) >= 11 is 0. The third-order valence-corrected chi connectivity index (χ3v) is 6.91. The topological polar surface area (TPSA) is 37.9 Å². The highest BCUT2D eigenvalue weighted by Crippen LogP contribution is 2.34. The first-order valence-electron chi connectivity index (χ1n) is 11.8. The van der Waals surface area contributed by atoms with Crippen LogP contribution in [0.25, 0.3) is 11.3 Å². The average molecular weight is 428 g/mol. The van der Waals surface area contributed by atoms with Crippen LogP contribution in [-0.2, 0) is 6.54 Å². The molecule has 1 aromatic heterocycles. The highest BCUT2D eigenvalue weighted by molar-refractivity contribution is 5.91. The zero-order valence-corrected chi connectivity index (χ0v) is 19.2. The van der Waals surface area contributed by atoms with Gasteiger partial charge in [0.2, 0.25) is 0 Å². The fraction of sp³-hybridized carbons (Fsp3) is 0.370. The number of likely N-dealkylation sites (N-methyl/N-ethyl adjacent to an activating group) is 1. The highest BCUT2D eigenvalue weighted by Gasteiger charge is 2.23. The first kappa shape index (κ1) is 21.0. The Morgan fingerprint density at radius 3 is 2.38 bits per heavy atom. The Balaban J connectivity index is 1.30. The molecule has 0 unspecified atom stereocenters. The lowest BCUT2D eigenvalue weighted by molar-refractivity contribution is 0.132. The Kier molecular flexibility index (Phi) is 6.10. The van der Waals surface area contributed by atoms with Gasteiger partial charge in [0.25, 0.3) is 0 Å². The molecule has 5 heteroatoms. The van der Waals surface area contributed by atoms with Gasteiger partial charge in [-0.1, -0.05) is 61.5 Å². The molecule has 3 heterocycles. The summed E-state index contributed by atoms with van der Waals surface area (Å²) in [7, 11) is 0. The molecule has 1 atom stereocenters. The van der Waals surface area contributed by atoms with Crippen molar-refractivity contribution in [2.24, 2.45) is 4.99 Å². The van der Waals surface area contributed by atoms with Crippen LogP contribution in [0.3, 0.4) is 0 Å². The van der Waals surface area contributed by atoms with Crippen molar-refractivity contribution in [2.45, 2.75) is 26.4 Å². The van der Waals surface area contributed by atoms with E-state index in [1.165, 1.54) is 29.8 Å². The predicted molar refractivity (Wildman–Crippen MR) is 133 cm³/mol. The second-order valence-corrected chi connectivity index (χ2v) is 8.90. The Bertz CT molecular complexity index is 1050. The monoisotopic (exact) mass is 427 g/mol. The molecular weight excluding hydrogens is 394 g/mol. The number of hydrogen-bond donors (Lipinski definition) is 1. The summed E-state index contributed by atoms with van der Waals surface area (Å²) in [6.45, 7) is 12.1. The second-order valence-electron chi connectivity index (χ2n) is 8.90. The van der Waals surface area contributed by atoms with Gasteiger partial charge in [0.1, 0.15) is 12.5 Å². The zero-order valence-electron chi connectivity index (χ0n) is 19.2. The molecule has 0 spiro atoms. The molecule has 1 fully saturated rings. The van der Waals surface area contributed by atoms with Crippen molar-refractivity contribution in [2.75, 3.05) is 44.3 Å². The van der Waals surface area contributed by atoms with E-state index >= 15 is 0 Å². The maximum absolute atomic E-state index is 4.62. The molecular formula is C27H33N5. The molecule has 2 aromatic carbocycles. The maximum atomic E-state index is 4.62. The second kappa shape index (κ2) is 9.31. The van der Waals surface area contributed by atoms with Crippen LogP contribution in [0, 0.1) is 0 Å². The quantitative estimate of drug-likeness (QED) is 0.615. The molecule has 166 valence electrons. The number of aromatic amines is 1. The van der Waals surface area contributed by atoms with Crippen molar-refractivity contribution >= 4 is 12.0 Å². The van der Waals surface area contributed by atoms with Crippen molar-refractivity contribution in [3.05, 3.63) is 77.4 Å². The Morgan fingerprint density at radius 2 is 1.66 bits per heavy atom. The van der Waals surface area contributed by atoms with E-state index in [1.807, 2.05) is 6.21 Å². The number of aliphatic imine (C=N–C) groups is 1. The molecule has 0 aliphatic carbocycles. The van der Waals surface area contributed by atoms with Crippen LogP contribution >= 0.6 is 0 Å². The minimum Gasteiger partial charge on any atom is -0.341 e. The number of benzene rings is 2. The third-order valence-electron chi connectivity index (χ3n) is 6.91. The van der Waals surface area contributed by atoms with Crippen LogP contribution in [0.4, 0.5) is 5.82 Å². The molecule has 2 aliphatic heterocycles. The number of piperazine rings is 1. The van der Waals surface area contributed by atoms with Gasteiger partial charge in [-0.15, -0.1) is 0 Å². The lowest BCUT2D eigenvalue weighted by atomic mass is 10.1. The van der Waals surface area contributed by atoms with Crippen molar-refractivity contribution in [3.8, 4) is 11.3 Å². The van der Waals surface area contributed by atoms with E-state index < -0.39 is 0 Å². The zero-order chi connectivity index (χ0) is 21.9. The minimum absolute atomic E-state index is 0.259. The van der Waals surface area contributed by atoms with Crippen LogP contribution < -0.4 is 4.90 Å². The molecule has 3 aromatic rings. The standard InChI is InChI=1S/C27H33N5/c1-3-30-13-15-31(16-14-30)19-22-9-11-24(12-10-22)26-17-25-18-28-20-32(27(25)29-26)21(2)23-7-5-4-6-8-23/h4-12,17-18,21,29H,3,13-16,19-20H2,1-2H3/t21-/m1/s1. The van der Waals surface area contributed by atoms with Gasteiger partial charge in [0, 0.05) is 50.2 Å². The number of nitrogens with zero attached hydrogens (tertiary/aromatic N) is 4. The van der Waals surface area contributed by atoms with Crippen LogP contribution in [0.2, 0.25) is 0 Å². The van der Waals surface area contributed by atoms with Crippen LogP contribution in [0.5, 0.6) is 0 Å². The van der Waals surface area contributed by atoms with Gasteiger partial charge in [0.15, 0.2) is 0 Å². The van der Waals surface area contributed by atoms with Gasteiger partial charge in [-0.3, -0.25) is 9.89 Å². The summed E-state index contributed by atoms with van der Waals surface area (Å²) < 4.78 is 0. The number of fused-ring (bicyclic) bond motifs is 1. The molecule has 1 saturated heterocycles. The van der Waals surface area contributed by atoms with Crippen molar-refractivity contribution in [3.63, 3.8) is 0 Å². The number of aromatic nitrogens is 1. The first-order chi connectivity index (χ1) is 15.7. The highest BCUT2D eigenvalue weighted by atomic mass is 15.3. The van der Waals surface area contributed by atoms with Crippen LogP contribution in [-0.4, -0.2) is 60.4 Å². The Hall–Kier alpha value is -2.89. The lowest BCUT2D eigenvalue weighted by Crippen LogP contribution is -2.45. The van der Waals surface area contributed by atoms with E-state index in [9.17, 15) is 0 Å². The van der Waals surface area contributed by atoms with Gasteiger partial charge in [-0.05, 0) is 36.2 Å². The largest absolute Gasteiger partial charge is 0.341 e. The number of hydrogen-bond acceptors (Lipinski definition) is 4. The molecule has 5 rings (SSSR count). The summed E-state index contributed by atoms with van der Waals surface area (Å²) in [5.41, 5.74) is 6.22. The smallest absolute Gasteiger partial charge is 0.117 e. The third kappa shape index (κ3) is 4.36. The fourth-order valence-electron chi connectivity index (χ4n) is 4.79. The van der Waals surface area contributed by atoms with Gasteiger partial charge < -0.3 is 14.8 Å². The summed E-state index contributed by atoms with van der Waals surface area (Å²) in [5, 5.41) is 0. The molecule has 0 amide bonds. The van der Waals surface area contributed by atoms with Crippen molar-refractivity contribution in [1.29, 1.82) is 0 Å². The average Bonchev–Trinajstić information content (AvgIpc) is 3.30. The molecule has 5 nitrogen and oxygen atoms in total. The molecule has 0 saturated carbocycles. The van der Waals surface area contributed by atoms with E-state index in [1.54, 1.807) is 0 Å². The number of anilines is 1. The number of H-pyrrole nitrogens is 1. The Morgan fingerprint density at radius 1 is 0.938 bits per heavy atom. The van der Waals surface area contributed by atoms with Gasteiger partial charge in [-0.25, -0.2) is 0 Å². The molecule has 32 heavy (non-hydrogen) atoms. The van der Waals surface area contributed by atoms with Gasteiger partial charge >= 0.3 is 0 Å². The van der Waals surface area contributed by atoms with E-state index in [4.69, 9.17) is 0 Å². The van der Waals surface area contributed by atoms with E-state index in [2.05, 4.69) is 99.2 Å². The molecule has 1 N–H and O–H groups in total. The van der Waals surface area contributed by atoms with Gasteiger partial charge in [0.05, 0.1) is 6.04 Å². The summed E-state index contributed by atoms with van der Waals surface area (Å²) in [6, 6.07) is 22.2. The minimum atomic E-state index is 0.259. The molecule has 2 aliphatic rings. The van der Waals surface area contributed by atoms with Crippen molar-refractivity contribution in [1.82, 2.24) is 14.8 Å². The fourth-order valence-corrected chi connectivity index (χ4v) is 4.79. The molecule has 0 radical (unpaired) electrons. The summed E-state index contributed by atoms with van der Waals surface area (Å²) in [4.78, 5) is 15.7. The SMILES string of the molecule is CCN1CCN(Cc2ccc(-c3cc4c([nH]3)N([C@H](C)c3ccccc3)CN=C4)cc2)CC1. The first-order valence-corrected chi connectivity index (χ1v) is 11.8. The summed E-state index contributed by atoms with van der Waals surface area (Å²) in [6.07, 6.45) is 1.99. The van der Waals surface area contributed by atoms with Crippen molar-refractivity contribution < 1.29 is 0 Å². The van der Waals surface area contributed by atoms with Crippen LogP contribution in [0.15, 0.2) is 65.7 Å². The lowest BCUT2D eigenvalue weighted by Gasteiger charge is -2.34. The van der Waals surface area contributed by atoms with Crippen LogP contribution in [0.1, 0.15) is 36.6 Å². The molecule has 0 bridgehead atoms. The van der Waals surface area contributed by atoms with E-state index in [-0.39, 0.29) is 6.04 Å². The Labute approximate surface area is 191 Å². The summed E-state index contributed by atoms with van der Waals surface area (Å²) in [5.74, 6) is 1.16. The van der Waals surface area contributed by atoms with E-state index in [0.29, 0.717) is 6.67 Å². The number of rotatable bonds is 6. The van der Waals surface area contributed by atoms with E-state index in [0.717, 1.165) is 43.3 Å². The number of nitrogens with one attached hydrogen (secondary N) is 1. The van der Waals surface area contributed by atoms with Gasteiger partial charge in [-0.2, -0.15) is 0 Å². The normalized spacial score (nSPS) is 18.0. The predicted octanol–water partition coefficient (Wildman–Crippen LogP) is 4.78. The maximum Gasteiger partial charge on any atom is 0.117 e.